The summed E-state index contributed by atoms with van der Waals surface area (Å²) in [6.07, 6.45) is 4.27. The van der Waals surface area contributed by atoms with E-state index in [1.165, 1.54) is 4.90 Å². The molecule has 1 aliphatic heterocycles. The van der Waals surface area contributed by atoms with Crippen molar-refractivity contribution in [3.8, 4) is 5.75 Å². The van der Waals surface area contributed by atoms with Gasteiger partial charge in [0.25, 0.3) is 10.0 Å². The van der Waals surface area contributed by atoms with Gasteiger partial charge in [0.1, 0.15) is 16.8 Å². The molecule has 0 unspecified atom stereocenters. The van der Waals surface area contributed by atoms with Crippen LogP contribution in [0.3, 0.4) is 0 Å². The summed E-state index contributed by atoms with van der Waals surface area (Å²) in [6, 6.07) is 11.0. The number of hydrogen-bond donors (Lipinski definition) is 1. The van der Waals surface area contributed by atoms with E-state index in [1.54, 1.807) is 31.4 Å². The third-order valence-corrected chi connectivity index (χ3v) is 8.51. The molecule has 1 heterocycles. The van der Waals surface area contributed by atoms with Gasteiger partial charge in [-0.25, -0.2) is 4.39 Å². The van der Waals surface area contributed by atoms with Crippen molar-refractivity contribution in [3.63, 3.8) is 0 Å². The zero-order chi connectivity index (χ0) is 25.0. The van der Waals surface area contributed by atoms with Crippen LogP contribution in [0, 0.1) is 5.82 Å². The Kier molecular flexibility index (Phi) is 7.75. The number of amidine groups is 1. The van der Waals surface area contributed by atoms with Gasteiger partial charge in [0.15, 0.2) is 5.17 Å². The van der Waals surface area contributed by atoms with Gasteiger partial charge in [-0.2, -0.15) is 8.42 Å². The molecule has 8 nitrogen and oxygen atoms in total. The highest BCUT2D eigenvalue weighted by Gasteiger charge is 2.43. The molecular weight excluding hydrogens is 493 g/mol. The van der Waals surface area contributed by atoms with Crippen LogP contribution >= 0.6 is 11.8 Å². The van der Waals surface area contributed by atoms with Crippen LogP contribution in [0.4, 0.5) is 10.1 Å². The van der Waals surface area contributed by atoms with Crippen molar-refractivity contribution in [1.82, 2.24) is 4.90 Å². The second-order valence-corrected chi connectivity index (χ2v) is 11.2. The van der Waals surface area contributed by atoms with Crippen molar-refractivity contribution >= 4 is 44.5 Å². The van der Waals surface area contributed by atoms with Crippen LogP contribution < -0.4 is 10.1 Å². The van der Waals surface area contributed by atoms with E-state index in [-0.39, 0.29) is 34.3 Å². The van der Waals surface area contributed by atoms with Crippen LogP contribution in [0.15, 0.2) is 57.8 Å². The van der Waals surface area contributed by atoms with E-state index < -0.39 is 21.1 Å². The van der Waals surface area contributed by atoms with E-state index in [2.05, 4.69) is 9.71 Å². The first-order valence-corrected chi connectivity index (χ1v) is 13.6. The largest absolute Gasteiger partial charge is 0.497 e. The van der Waals surface area contributed by atoms with Gasteiger partial charge < -0.3 is 10.1 Å². The summed E-state index contributed by atoms with van der Waals surface area (Å²) in [6.45, 7) is 0. The maximum absolute atomic E-state index is 13.3. The number of hydrogen-bond acceptors (Lipinski definition) is 6. The van der Waals surface area contributed by atoms with Gasteiger partial charge in [0.2, 0.25) is 11.8 Å². The fourth-order valence-corrected chi connectivity index (χ4v) is 6.57. The summed E-state index contributed by atoms with van der Waals surface area (Å²) in [5.74, 6) is -0.600. The van der Waals surface area contributed by atoms with E-state index in [4.69, 9.17) is 4.74 Å². The van der Waals surface area contributed by atoms with Gasteiger partial charge in [-0.3, -0.25) is 14.5 Å². The number of carbonyl (C=O) groups is 2. The number of benzene rings is 2. The Bertz CT molecular complexity index is 1210. The number of carbonyl (C=O) groups excluding carboxylic acids is 2. The second-order valence-electron chi connectivity index (χ2n) is 8.39. The zero-order valence-electron chi connectivity index (χ0n) is 19.1. The SMILES string of the molecule is COc1ccc(NC(=O)C[C@@H]2SC(=NS(=O)(=O)c3ccc(F)cc3)N(C3CCCCC3)C2=O)cc1. The Hall–Kier alpha value is -2.92. The number of thioether (sulfide) groups is 1. The van der Waals surface area contributed by atoms with Crippen molar-refractivity contribution in [1.29, 1.82) is 0 Å². The molecule has 1 saturated heterocycles. The maximum atomic E-state index is 13.3. The third-order valence-electron chi connectivity index (χ3n) is 5.96. The molecule has 35 heavy (non-hydrogen) atoms. The van der Waals surface area contributed by atoms with Crippen LogP contribution in [0.2, 0.25) is 0 Å². The first-order chi connectivity index (χ1) is 16.8. The minimum atomic E-state index is -4.17. The van der Waals surface area contributed by atoms with Gasteiger partial charge in [-0.05, 0) is 61.4 Å². The number of sulfonamides is 1. The molecule has 0 aromatic heterocycles. The zero-order valence-corrected chi connectivity index (χ0v) is 20.8. The molecule has 2 fully saturated rings. The summed E-state index contributed by atoms with van der Waals surface area (Å²) < 4.78 is 48.2. The number of ether oxygens (including phenoxy) is 1. The number of nitrogens with one attached hydrogen (secondary N) is 1. The standard InChI is InChI=1S/C24H26FN3O5S2/c1-33-19-11-9-17(10-12-19)26-22(29)15-21-23(30)28(18-5-3-2-4-6-18)24(34-21)27-35(31,32)20-13-7-16(25)8-14-20/h7-14,18,21H,2-6,15H2,1H3,(H,26,29)/t21-/m0/s1. The number of rotatable bonds is 7. The Balaban J connectivity index is 1.55. The highest BCUT2D eigenvalue weighted by atomic mass is 32.2. The van der Waals surface area contributed by atoms with E-state index in [0.29, 0.717) is 11.4 Å². The number of amides is 2. The second kappa shape index (κ2) is 10.8. The normalized spacial score (nSPS) is 20.3. The lowest BCUT2D eigenvalue weighted by Gasteiger charge is -2.30. The smallest absolute Gasteiger partial charge is 0.284 e. The quantitative estimate of drug-likeness (QED) is 0.588. The molecule has 186 valence electrons. The minimum absolute atomic E-state index is 0.0634. The fourth-order valence-electron chi connectivity index (χ4n) is 4.17. The Morgan fingerprint density at radius 2 is 1.77 bits per heavy atom. The van der Waals surface area contributed by atoms with E-state index in [0.717, 1.165) is 68.1 Å². The van der Waals surface area contributed by atoms with Gasteiger partial charge >= 0.3 is 0 Å². The van der Waals surface area contributed by atoms with Gasteiger partial charge in [-0.15, -0.1) is 4.40 Å². The van der Waals surface area contributed by atoms with Crippen molar-refractivity contribution in [3.05, 3.63) is 54.3 Å². The minimum Gasteiger partial charge on any atom is -0.497 e. The highest BCUT2D eigenvalue weighted by molar-refractivity contribution is 8.16. The van der Waals surface area contributed by atoms with Crippen molar-refractivity contribution in [2.45, 2.75) is 54.7 Å². The monoisotopic (exact) mass is 519 g/mol. The van der Waals surface area contributed by atoms with E-state index in [9.17, 15) is 22.4 Å². The molecule has 4 rings (SSSR count). The van der Waals surface area contributed by atoms with Crippen LogP contribution in [-0.4, -0.2) is 48.7 Å². The summed E-state index contributed by atoms with van der Waals surface area (Å²) in [5, 5.41) is 2.03. The van der Waals surface area contributed by atoms with Gasteiger partial charge in [0, 0.05) is 18.2 Å². The molecular formula is C24H26FN3O5S2. The molecule has 2 aromatic carbocycles. The van der Waals surface area contributed by atoms with E-state index >= 15 is 0 Å². The lowest BCUT2D eigenvalue weighted by Crippen LogP contribution is -2.42. The summed E-state index contributed by atoms with van der Waals surface area (Å²) in [5.41, 5.74) is 0.558. The first kappa shape index (κ1) is 25.2. The molecule has 2 aliphatic rings. The summed E-state index contributed by atoms with van der Waals surface area (Å²) >= 11 is 0.982. The number of methoxy groups -OCH3 is 1. The molecule has 1 atom stereocenters. The molecule has 0 radical (unpaired) electrons. The van der Waals surface area contributed by atoms with Crippen LogP contribution in [0.5, 0.6) is 5.75 Å². The molecule has 0 bridgehead atoms. The lowest BCUT2D eigenvalue weighted by molar-refractivity contribution is -0.130. The molecule has 0 spiro atoms. The topological polar surface area (TPSA) is 105 Å². The summed E-state index contributed by atoms with van der Waals surface area (Å²) in [7, 11) is -2.62. The average molecular weight is 520 g/mol. The average Bonchev–Trinajstić information content (AvgIpc) is 3.13. The van der Waals surface area contributed by atoms with E-state index in [1.807, 2.05) is 0 Å². The van der Waals surface area contributed by atoms with Crippen LogP contribution in [0.25, 0.3) is 0 Å². The number of halogens is 1. The lowest BCUT2D eigenvalue weighted by atomic mass is 9.94. The summed E-state index contributed by atoms with van der Waals surface area (Å²) in [4.78, 5) is 27.3. The highest BCUT2D eigenvalue weighted by Crippen LogP contribution is 2.36. The van der Waals surface area contributed by atoms with Crippen LogP contribution in [-0.2, 0) is 19.6 Å². The Morgan fingerprint density at radius 3 is 2.40 bits per heavy atom. The van der Waals surface area contributed by atoms with Gasteiger partial charge in [-0.1, -0.05) is 31.0 Å². The molecule has 1 aliphatic carbocycles. The Morgan fingerprint density at radius 1 is 1.11 bits per heavy atom. The predicted octanol–water partition coefficient (Wildman–Crippen LogP) is 4.18. The predicted molar refractivity (Wildman–Crippen MR) is 132 cm³/mol. The number of anilines is 1. The number of nitrogens with zero attached hydrogens (tertiary/aromatic N) is 2. The van der Waals surface area contributed by atoms with Crippen LogP contribution in [0.1, 0.15) is 38.5 Å². The fraction of sp³-hybridized carbons (Fsp3) is 0.375. The van der Waals surface area contributed by atoms with Crippen molar-refractivity contribution in [2.24, 2.45) is 4.40 Å². The molecule has 1 saturated carbocycles. The Labute approximate surface area is 208 Å². The molecule has 2 amide bonds. The molecule has 11 heteroatoms. The third kappa shape index (κ3) is 6.02. The maximum Gasteiger partial charge on any atom is 0.284 e. The molecule has 2 aromatic rings. The first-order valence-electron chi connectivity index (χ1n) is 11.3. The van der Waals surface area contributed by atoms with Crippen molar-refractivity contribution in [2.75, 3.05) is 12.4 Å². The van der Waals surface area contributed by atoms with Crippen molar-refractivity contribution < 1.29 is 27.1 Å². The van der Waals surface area contributed by atoms with Gasteiger partial charge in [0.05, 0.1) is 12.0 Å². The molecule has 1 N–H and O–H groups in total.